The number of carbonyl (C=O) groups is 1. The lowest BCUT2D eigenvalue weighted by Crippen LogP contribution is -2.47. The number of rotatable bonds is 5. The Hall–Kier alpha value is -0.153. The van der Waals surface area contributed by atoms with Gasteiger partial charge >= 0.3 is 0 Å². The van der Waals surface area contributed by atoms with Crippen molar-refractivity contribution < 1.29 is 9.22 Å². The van der Waals surface area contributed by atoms with Crippen LogP contribution in [0.2, 0.25) is 18.1 Å². The maximum atomic E-state index is 11.9. The van der Waals surface area contributed by atoms with Crippen molar-refractivity contribution >= 4 is 14.1 Å². The molecule has 0 N–H and O–H groups in total. The molecule has 0 aromatic heterocycles. The maximum absolute atomic E-state index is 11.9. The Morgan fingerprint density at radius 2 is 1.83 bits per heavy atom. The molecular weight excluding hydrogens is 240 g/mol. The van der Waals surface area contributed by atoms with E-state index in [9.17, 15) is 4.79 Å². The van der Waals surface area contributed by atoms with Crippen molar-refractivity contribution in [3.63, 3.8) is 0 Å². The summed E-state index contributed by atoms with van der Waals surface area (Å²) in [5.41, 5.74) is 0.00504. The van der Waals surface area contributed by atoms with Crippen molar-refractivity contribution in [2.45, 2.75) is 77.1 Å². The molecule has 3 heteroatoms. The quantitative estimate of drug-likeness (QED) is 0.700. The van der Waals surface area contributed by atoms with Gasteiger partial charge in [-0.1, -0.05) is 20.8 Å². The van der Waals surface area contributed by atoms with Gasteiger partial charge in [-0.2, -0.15) is 0 Å². The summed E-state index contributed by atoms with van der Waals surface area (Å²) in [5, 5.41) is 0. The second kappa shape index (κ2) is 5.08. The first-order valence-corrected chi connectivity index (χ1v) is 10.3. The predicted octanol–water partition coefficient (Wildman–Crippen LogP) is 4.16. The summed E-state index contributed by atoms with van der Waals surface area (Å²) in [6.45, 7) is 9.15. The van der Waals surface area contributed by atoms with E-state index in [0.717, 1.165) is 25.7 Å². The molecule has 0 unspecified atom stereocenters. The molecule has 3 atom stereocenters. The SMILES string of the molecule is CC[Si](CC)(CC)O[C@]1(C)CC[C@H]2C(=O)CC[C@H]21. The summed E-state index contributed by atoms with van der Waals surface area (Å²) < 4.78 is 6.78. The Bertz CT molecular complexity index is 316. The highest BCUT2D eigenvalue weighted by atomic mass is 28.4. The number of ketones is 1. The van der Waals surface area contributed by atoms with E-state index in [1.165, 1.54) is 18.1 Å². The van der Waals surface area contributed by atoms with Gasteiger partial charge in [0.25, 0.3) is 0 Å². The fraction of sp³-hybridized carbons (Fsp3) is 0.933. The maximum Gasteiger partial charge on any atom is 0.192 e. The lowest BCUT2D eigenvalue weighted by molar-refractivity contribution is -0.121. The largest absolute Gasteiger partial charge is 0.411 e. The van der Waals surface area contributed by atoms with Crippen LogP contribution in [0.5, 0.6) is 0 Å². The summed E-state index contributed by atoms with van der Waals surface area (Å²) in [6, 6.07) is 3.63. The second-order valence-electron chi connectivity index (χ2n) is 6.42. The summed E-state index contributed by atoms with van der Waals surface area (Å²) in [7, 11) is -1.55. The first-order chi connectivity index (χ1) is 8.50. The number of hydrogen-bond donors (Lipinski definition) is 0. The summed E-state index contributed by atoms with van der Waals surface area (Å²) >= 11 is 0. The van der Waals surface area contributed by atoms with Gasteiger partial charge in [-0.15, -0.1) is 0 Å². The number of hydrogen-bond acceptors (Lipinski definition) is 2. The van der Waals surface area contributed by atoms with E-state index in [2.05, 4.69) is 27.7 Å². The zero-order chi connectivity index (χ0) is 13.4. The Morgan fingerprint density at radius 1 is 1.22 bits per heavy atom. The van der Waals surface area contributed by atoms with Gasteiger partial charge in [0.1, 0.15) is 5.78 Å². The molecule has 0 aromatic rings. The van der Waals surface area contributed by atoms with E-state index in [1.807, 2.05) is 0 Å². The first-order valence-electron chi connectivity index (χ1n) is 7.73. The summed E-state index contributed by atoms with van der Waals surface area (Å²) in [4.78, 5) is 11.9. The van der Waals surface area contributed by atoms with Crippen molar-refractivity contribution in [1.82, 2.24) is 0 Å². The van der Waals surface area contributed by atoms with Crippen molar-refractivity contribution in [1.29, 1.82) is 0 Å². The molecule has 2 saturated carbocycles. The lowest BCUT2D eigenvalue weighted by atomic mass is 9.89. The molecule has 0 saturated heterocycles. The zero-order valence-corrected chi connectivity index (χ0v) is 13.4. The van der Waals surface area contributed by atoms with E-state index in [4.69, 9.17) is 4.43 Å². The fourth-order valence-corrected chi connectivity index (χ4v) is 7.39. The second-order valence-corrected chi connectivity index (χ2v) is 11.1. The highest BCUT2D eigenvalue weighted by Gasteiger charge is 2.53. The molecule has 2 rings (SSSR count). The molecule has 0 aliphatic heterocycles. The van der Waals surface area contributed by atoms with Crippen LogP contribution in [0.25, 0.3) is 0 Å². The smallest absolute Gasteiger partial charge is 0.192 e. The number of carbonyl (C=O) groups excluding carboxylic acids is 1. The highest BCUT2D eigenvalue weighted by Crippen LogP contribution is 2.51. The van der Waals surface area contributed by atoms with Crippen LogP contribution in [0.15, 0.2) is 0 Å². The molecule has 2 aliphatic rings. The van der Waals surface area contributed by atoms with Gasteiger partial charge in [-0.3, -0.25) is 4.79 Å². The van der Waals surface area contributed by atoms with Crippen LogP contribution in [-0.2, 0) is 9.22 Å². The van der Waals surface area contributed by atoms with Crippen LogP contribution < -0.4 is 0 Å². The molecule has 0 heterocycles. The molecule has 0 radical (unpaired) electrons. The van der Waals surface area contributed by atoms with Gasteiger partial charge in [0, 0.05) is 12.3 Å². The van der Waals surface area contributed by atoms with Crippen LogP contribution in [0.4, 0.5) is 0 Å². The normalized spacial score (nSPS) is 36.1. The molecule has 18 heavy (non-hydrogen) atoms. The molecule has 2 fully saturated rings. The minimum absolute atomic E-state index is 0.00504. The molecule has 2 nitrogen and oxygen atoms in total. The van der Waals surface area contributed by atoms with Crippen molar-refractivity contribution in [2.75, 3.05) is 0 Å². The monoisotopic (exact) mass is 268 g/mol. The third-order valence-electron chi connectivity index (χ3n) is 5.72. The number of Topliss-reactive ketones (excluding diaryl/α,β-unsaturated/α-hetero) is 1. The third-order valence-corrected chi connectivity index (χ3v) is 10.5. The van der Waals surface area contributed by atoms with Gasteiger partial charge in [-0.05, 0) is 50.2 Å². The average Bonchev–Trinajstić information content (AvgIpc) is 2.90. The molecule has 0 aromatic carbocycles. The van der Waals surface area contributed by atoms with Crippen molar-refractivity contribution in [3.8, 4) is 0 Å². The van der Waals surface area contributed by atoms with Crippen molar-refractivity contribution in [2.24, 2.45) is 11.8 Å². The predicted molar refractivity (Wildman–Crippen MR) is 77.1 cm³/mol. The van der Waals surface area contributed by atoms with Gasteiger partial charge in [0.15, 0.2) is 8.32 Å². The topological polar surface area (TPSA) is 26.3 Å². The zero-order valence-electron chi connectivity index (χ0n) is 12.4. The van der Waals surface area contributed by atoms with E-state index in [-0.39, 0.29) is 5.60 Å². The Labute approximate surface area is 113 Å². The van der Waals surface area contributed by atoms with Crippen LogP contribution in [-0.4, -0.2) is 19.7 Å². The standard InChI is InChI=1S/C15H28O2Si/c1-5-18(6-2,7-3)17-15(4)11-10-12-13(15)8-9-14(12)16/h12-13H,5-11H2,1-4H3/t12-,13-,15-/m1/s1. The van der Waals surface area contributed by atoms with E-state index in [1.54, 1.807) is 0 Å². The van der Waals surface area contributed by atoms with Gasteiger partial charge in [0.2, 0.25) is 0 Å². The van der Waals surface area contributed by atoms with Gasteiger partial charge < -0.3 is 4.43 Å². The van der Waals surface area contributed by atoms with Gasteiger partial charge in [0.05, 0.1) is 5.60 Å². The highest BCUT2D eigenvalue weighted by molar-refractivity contribution is 6.73. The van der Waals surface area contributed by atoms with Crippen LogP contribution in [0.1, 0.15) is 53.4 Å². The van der Waals surface area contributed by atoms with E-state index in [0.29, 0.717) is 17.6 Å². The van der Waals surface area contributed by atoms with Crippen LogP contribution >= 0.6 is 0 Å². The Balaban J connectivity index is 2.15. The summed E-state index contributed by atoms with van der Waals surface area (Å²) in [6.07, 6.45) is 4.04. The molecule has 104 valence electrons. The van der Waals surface area contributed by atoms with Crippen LogP contribution in [0.3, 0.4) is 0 Å². The van der Waals surface area contributed by atoms with E-state index >= 15 is 0 Å². The molecular formula is C15H28O2Si. The summed E-state index contributed by atoms with van der Waals surface area (Å²) in [5.74, 6) is 1.35. The minimum atomic E-state index is -1.55. The minimum Gasteiger partial charge on any atom is -0.411 e. The molecule has 2 aliphatic carbocycles. The Kier molecular flexibility index (Phi) is 4.03. The Morgan fingerprint density at radius 3 is 2.39 bits per heavy atom. The van der Waals surface area contributed by atoms with E-state index < -0.39 is 8.32 Å². The van der Waals surface area contributed by atoms with Gasteiger partial charge in [-0.25, -0.2) is 0 Å². The van der Waals surface area contributed by atoms with Crippen molar-refractivity contribution in [3.05, 3.63) is 0 Å². The molecule has 0 bridgehead atoms. The average molecular weight is 268 g/mol. The lowest BCUT2D eigenvalue weighted by Gasteiger charge is -2.41. The first kappa shape index (κ1) is 14.3. The number of fused-ring (bicyclic) bond motifs is 1. The third kappa shape index (κ3) is 2.20. The van der Waals surface area contributed by atoms with Crippen LogP contribution in [0, 0.1) is 11.8 Å². The molecule has 0 amide bonds. The molecule has 0 spiro atoms. The fourth-order valence-electron chi connectivity index (χ4n) is 4.22.